The number of thioether (sulfide) groups is 1. The highest BCUT2D eigenvalue weighted by Gasteiger charge is 2.34. The zero-order valence-corrected chi connectivity index (χ0v) is 20.0. The molecule has 3 aromatic rings. The molecule has 1 saturated heterocycles. The Morgan fingerprint density at radius 2 is 1.71 bits per heavy atom. The predicted molar refractivity (Wildman–Crippen MR) is 133 cm³/mol. The van der Waals surface area contributed by atoms with Gasteiger partial charge in [0.25, 0.3) is 11.1 Å². The molecular weight excluding hydrogens is 474 g/mol. The van der Waals surface area contributed by atoms with Gasteiger partial charge in [-0.15, -0.1) is 0 Å². The molecule has 0 bridgehead atoms. The van der Waals surface area contributed by atoms with Crippen molar-refractivity contribution in [3.8, 4) is 17.2 Å². The van der Waals surface area contributed by atoms with E-state index in [-0.39, 0.29) is 24.3 Å². The first kappa shape index (κ1) is 23.7. The molecule has 1 fully saturated rings. The Balaban J connectivity index is 1.41. The highest BCUT2D eigenvalue weighted by Crippen LogP contribution is 2.35. The van der Waals surface area contributed by atoms with Gasteiger partial charge < -0.3 is 14.2 Å². The van der Waals surface area contributed by atoms with Gasteiger partial charge in [-0.05, 0) is 53.7 Å². The van der Waals surface area contributed by atoms with Crippen LogP contribution in [0, 0.1) is 0 Å². The van der Waals surface area contributed by atoms with Crippen molar-refractivity contribution in [3.63, 3.8) is 0 Å². The second-order valence-electron chi connectivity index (χ2n) is 7.29. The summed E-state index contributed by atoms with van der Waals surface area (Å²) in [6.45, 7) is 0.689. The third-order valence-corrected chi connectivity index (χ3v) is 6.30. The third-order valence-electron chi connectivity index (χ3n) is 5.03. The number of benzene rings is 3. The number of hydrogen-bond donors (Lipinski definition) is 0. The van der Waals surface area contributed by atoms with Gasteiger partial charge in [-0.3, -0.25) is 14.5 Å². The maximum Gasteiger partial charge on any atom is 0.293 e. The number of methoxy groups -OCH3 is 1. The van der Waals surface area contributed by atoms with Crippen LogP contribution in [0.2, 0.25) is 5.02 Å². The molecule has 0 saturated carbocycles. The first-order valence-electron chi connectivity index (χ1n) is 10.5. The molecule has 0 N–H and O–H groups in total. The van der Waals surface area contributed by atoms with Crippen LogP contribution in [-0.2, 0) is 11.4 Å². The number of carbonyl (C=O) groups excluding carboxylic acids is 2. The van der Waals surface area contributed by atoms with E-state index < -0.39 is 0 Å². The molecule has 1 aliphatic heterocycles. The average Bonchev–Trinajstić information content (AvgIpc) is 3.12. The molecule has 34 heavy (non-hydrogen) atoms. The van der Waals surface area contributed by atoms with E-state index in [1.165, 1.54) is 4.90 Å². The minimum Gasteiger partial charge on any atom is -0.493 e. The Hall–Kier alpha value is -3.42. The molecule has 1 heterocycles. The number of ether oxygens (including phenoxy) is 3. The van der Waals surface area contributed by atoms with E-state index in [1.807, 2.05) is 48.5 Å². The van der Waals surface area contributed by atoms with Gasteiger partial charge in [0.05, 0.1) is 18.6 Å². The lowest BCUT2D eigenvalue weighted by atomic mass is 10.1. The first-order chi connectivity index (χ1) is 16.5. The van der Waals surface area contributed by atoms with Crippen molar-refractivity contribution in [3.05, 3.63) is 93.9 Å². The highest BCUT2D eigenvalue weighted by atomic mass is 35.5. The van der Waals surface area contributed by atoms with E-state index in [1.54, 1.807) is 37.5 Å². The number of halogens is 1. The fourth-order valence-corrected chi connectivity index (χ4v) is 4.34. The lowest BCUT2D eigenvalue weighted by molar-refractivity contribution is -0.123. The molecule has 0 aliphatic carbocycles. The Kier molecular flexibility index (Phi) is 7.77. The molecule has 3 aromatic carbocycles. The van der Waals surface area contributed by atoms with Gasteiger partial charge in [-0.2, -0.15) is 0 Å². The van der Waals surface area contributed by atoms with Gasteiger partial charge in [0.2, 0.25) is 0 Å². The third kappa shape index (κ3) is 5.73. The second-order valence-corrected chi connectivity index (χ2v) is 8.69. The van der Waals surface area contributed by atoms with Crippen molar-refractivity contribution >= 4 is 40.6 Å². The summed E-state index contributed by atoms with van der Waals surface area (Å²) in [6.07, 6.45) is 1.67. The number of imide groups is 1. The molecule has 0 spiro atoms. The summed E-state index contributed by atoms with van der Waals surface area (Å²) in [4.78, 5) is 26.7. The molecule has 0 atom stereocenters. The van der Waals surface area contributed by atoms with Gasteiger partial charge in [0.1, 0.15) is 19.0 Å². The molecule has 6 nitrogen and oxygen atoms in total. The van der Waals surface area contributed by atoms with Crippen molar-refractivity contribution in [1.29, 1.82) is 0 Å². The summed E-state index contributed by atoms with van der Waals surface area (Å²) in [5, 5.41) is 0.308. The van der Waals surface area contributed by atoms with Crippen LogP contribution in [0.5, 0.6) is 17.2 Å². The topological polar surface area (TPSA) is 65.1 Å². The molecule has 174 valence electrons. The Morgan fingerprint density at radius 1 is 0.941 bits per heavy atom. The molecule has 1 aliphatic rings. The van der Waals surface area contributed by atoms with Crippen LogP contribution in [0.4, 0.5) is 4.79 Å². The standard InChI is InChI=1S/C26H22ClNO5S/c1-31-23-15-18(11-12-22(23)33-17-19-7-5-6-10-21(19)27)16-24-25(29)28(26(30)34-24)13-14-32-20-8-3-2-4-9-20/h2-12,15-16H,13-14,17H2,1H3/b24-16-. The minimum absolute atomic E-state index is 0.176. The summed E-state index contributed by atoms with van der Waals surface area (Å²) in [6, 6.07) is 22.0. The zero-order chi connectivity index (χ0) is 23.9. The van der Waals surface area contributed by atoms with Crippen molar-refractivity contribution in [2.24, 2.45) is 0 Å². The number of nitrogens with zero attached hydrogens (tertiary/aromatic N) is 1. The van der Waals surface area contributed by atoms with Crippen LogP contribution < -0.4 is 14.2 Å². The van der Waals surface area contributed by atoms with Crippen LogP contribution in [0.15, 0.2) is 77.7 Å². The summed E-state index contributed by atoms with van der Waals surface area (Å²) < 4.78 is 16.9. The zero-order valence-electron chi connectivity index (χ0n) is 18.4. The van der Waals surface area contributed by atoms with Crippen molar-refractivity contribution in [2.75, 3.05) is 20.3 Å². The Bertz CT molecular complexity index is 1210. The summed E-state index contributed by atoms with van der Waals surface area (Å²) in [7, 11) is 1.54. The van der Waals surface area contributed by atoms with Crippen molar-refractivity contribution in [1.82, 2.24) is 4.90 Å². The van der Waals surface area contributed by atoms with Crippen LogP contribution in [0.1, 0.15) is 11.1 Å². The minimum atomic E-state index is -0.343. The van der Waals surface area contributed by atoms with Gasteiger partial charge in [0, 0.05) is 10.6 Å². The average molecular weight is 496 g/mol. The number of hydrogen-bond acceptors (Lipinski definition) is 6. The van der Waals surface area contributed by atoms with Gasteiger partial charge in [-0.25, -0.2) is 0 Å². The Labute approximate surface area is 207 Å². The molecular formula is C26H22ClNO5S. The molecule has 0 radical (unpaired) electrons. The lowest BCUT2D eigenvalue weighted by Crippen LogP contribution is -2.32. The fourth-order valence-electron chi connectivity index (χ4n) is 3.28. The van der Waals surface area contributed by atoms with Crippen LogP contribution in [0.25, 0.3) is 6.08 Å². The van der Waals surface area contributed by atoms with E-state index in [0.717, 1.165) is 17.3 Å². The molecule has 4 rings (SSSR count). The highest BCUT2D eigenvalue weighted by molar-refractivity contribution is 8.18. The number of carbonyl (C=O) groups is 2. The van der Waals surface area contributed by atoms with Crippen LogP contribution >= 0.6 is 23.4 Å². The monoisotopic (exact) mass is 495 g/mol. The largest absolute Gasteiger partial charge is 0.493 e. The van der Waals surface area contributed by atoms with Gasteiger partial charge in [0.15, 0.2) is 11.5 Å². The van der Waals surface area contributed by atoms with Crippen LogP contribution in [-0.4, -0.2) is 36.3 Å². The fraction of sp³-hybridized carbons (Fsp3) is 0.154. The smallest absolute Gasteiger partial charge is 0.293 e. The maximum absolute atomic E-state index is 12.8. The van der Waals surface area contributed by atoms with E-state index in [4.69, 9.17) is 25.8 Å². The van der Waals surface area contributed by atoms with Crippen LogP contribution in [0.3, 0.4) is 0 Å². The summed E-state index contributed by atoms with van der Waals surface area (Å²) in [5.74, 6) is 1.40. The lowest BCUT2D eigenvalue weighted by Gasteiger charge is -2.13. The Morgan fingerprint density at radius 3 is 2.47 bits per heavy atom. The SMILES string of the molecule is COc1cc(/C=C2\SC(=O)N(CCOc3ccccc3)C2=O)ccc1OCc1ccccc1Cl. The first-order valence-corrected chi connectivity index (χ1v) is 11.7. The molecule has 2 amide bonds. The summed E-state index contributed by atoms with van der Waals surface area (Å²) in [5.41, 5.74) is 1.58. The molecule has 8 heteroatoms. The second kappa shape index (κ2) is 11.1. The van der Waals surface area contributed by atoms with E-state index in [9.17, 15) is 9.59 Å². The van der Waals surface area contributed by atoms with Gasteiger partial charge >= 0.3 is 0 Å². The van der Waals surface area contributed by atoms with E-state index >= 15 is 0 Å². The van der Waals surface area contributed by atoms with Crippen molar-refractivity contribution in [2.45, 2.75) is 6.61 Å². The number of amides is 2. The normalized spacial score (nSPS) is 14.5. The molecule has 0 unspecified atom stereocenters. The van der Waals surface area contributed by atoms with E-state index in [0.29, 0.717) is 39.3 Å². The van der Waals surface area contributed by atoms with Gasteiger partial charge in [-0.1, -0.05) is 54.1 Å². The maximum atomic E-state index is 12.8. The molecule has 0 aromatic heterocycles. The van der Waals surface area contributed by atoms with E-state index in [2.05, 4.69) is 0 Å². The predicted octanol–water partition coefficient (Wildman–Crippen LogP) is 6.04. The quantitative estimate of drug-likeness (QED) is 0.337. The van der Waals surface area contributed by atoms with Crippen molar-refractivity contribution < 1.29 is 23.8 Å². The number of para-hydroxylation sites is 1. The number of rotatable bonds is 9. The summed E-state index contributed by atoms with van der Waals surface area (Å²) >= 11 is 7.10.